The first-order valence-corrected chi connectivity index (χ1v) is 16.6. The van der Waals surface area contributed by atoms with E-state index in [2.05, 4.69) is 11.4 Å². The lowest BCUT2D eigenvalue weighted by atomic mass is 9.93. The maximum atomic E-state index is 14.2. The molecule has 5 atom stereocenters. The molecule has 0 saturated heterocycles. The number of methoxy groups -OCH3 is 1. The molecule has 2 aliphatic carbocycles. The summed E-state index contributed by atoms with van der Waals surface area (Å²) in [6.45, 7) is 2.55. The number of carbonyl (C=O) groups excluding carboxylic acids is 3. The Balaban J connectivity index is 1.35. The summed E-state index contributed by atoms with van der Waals surface area (Å²) in [5.74, 6) is -0.989. The van der Waals surface area contributed by atoms with E-state index in [0.717, 1.165) is 35.9 Å². The van der Waals surface area contributed by atoms with Gasteiger partial charge in [0, 0.05) is 49.6 Å². The zero-order valence-electron chi connectivity index (χ0n) is 27.6. The molecule has 1 aromatic heterocycles. The van der Waals surface area contributed by atoms with E-state index in [-0.39, 0.29) is 24.3 Å². The standard InChI is InChI=1S/C37H44N4O6/c1-5-46-36(44)37-23-25(37)15-11-6-7-12-18-41(40(2)3)35(43)30-20-27(19-29(30)34(42)39-37)47-33-22-31(24-13-9-8-10-14-24)38-32-21-26(45-4)16-17-28(32)33/h8-11,13-17,21-22,25,27,29-30H,5-7,12,18-20,23H2,1-4H3,(H,39,42)/b15-11-/t25?,27-,29-,30-,37-/m1/s1. The zero-order chi connectivity index (χ0) is 33.1. The van der Waals surface area contributed by atoms with E-state index in [1.807, 2.05) is 74.8 Å². The highest BCUT2D eigenvalue weighted by atomic mass is 16.5. The molecular formula is C37H44N4O6. The SMILES string of the molecule is CCOC(=O)[C@@]12CC1/C=C\CCCCN(N(C)C)C(=O)[C@@H]1C[C@H](Oc3cc(-c4ccccc4)nc4cc(OC)ccc34)C[C@H]1C(=O)N2. The number of esters is 1. The number of carbonyl (C=O) groups is 3. The largest absolute Gasteiger partial charge is 0.497 e. The third-order valence-electron chi connectivity index (χ3n) is 9.61. The summed E-state index contributed by atoms with van der Waals surface area (Å²) < 4.78 is 17.6. The number of rotatable bonds is 7. The molecule has 6 rings (SSSR count). The topological polar surface area (TPSA) is 110 Å². The third-order valence-corrected chi connectivity index (χ3v) is 9.61. The molecule has 3 aliphatic rings. The number of allylic oxidation sites excluding steroid dienone is 1. The van der Waals surface area contributed by atoms with Crippen molar-refractivity contribution >= 4 is 28.7 Å². The number of ether oxygens (including phenoxy) is 3. The average molecular weight is 641 g/mol. The van der Waals surface area contributed by atoms with Crippen LogP contribution in [0.4, 0.5) is 0 Å². The quantitative estimate of drug-likeness (QED) is 0.279. The summed E-state index contributed by atoms with van der Waals surface area (Å²) >= 11 is 0. The number of fused-ring (bicyclic) bond motifs is 3. The van der Waals surface area contributed by atoms with Gasteiger partial charge in [-0.05, 0) is 57.6 Å². The summed E-state index contributed by atoms with van der Waals surface area (Å²) in [6.07, 6.45) is 7.40. The van der Waals surface area contributed by atoms with Gasteiger partial charge < -0.3 is 19.5 Å². The van der Waals surface area contributed by atoms with E-state index in [9.17, 15) is 14.4 Å². The van der Waals surface area contributed by atoms with E-state index >= 15 is 0 Å². The van der Waals surface area contributed by atoms with Crippen molar-refractivity contribution in [3.8, 4) is 22.8 Å². The Hall–Kier alpha value is -4.44. The predicted octanol–water partition coefficient (Wildman–Crippen LogP) is 5.17. The van der Waals surface area contributed by atoms with Gasteiger partial charge in [0.05, 0.1) is 36.8 Å². The van der Waals surface area contributed by atoms with Crippen molar-refractivity contribution in [2.45, 2.75) is 57.1 Å². The zero-order valence-corrected chi connectivity index (χ0v) is 27.6. The minimum atomic E-state index is -1.10. The number of pyridine rings is 1. The number of hydrazine groups is 1. The van der Waals surface area contributed by atoms with Crippen molar-refractivity contribution < 1.29 is 28.6 Å². The lowest BCUT2D eigenvalue weighted by Crippen LogP contribution is -2.51. The van der Waals surface area contributed by atoms with Crippen molar-refractivity contribution in [2.24, 2.45) is 17.8 Å². The van der Waals surface area contributed by atoms with E-state index < -0.39 is 29.4 Å². The van der Waals surface area contributed by atoms with E-state index in [4.69, 9.17) is 19.2 Å². The van der Waals surface area contributed by atoms with E-state index in [1.54, 1.807) is 24.1 Å². The van der Waals surface area contributed by atoms with Crippen molar-refractivity contribution in [1.82, 2.24) is 20.3 Å². The van der Waals surface area contributed by atoms with Gasteiger partial charge in [-0.1, -0.05) is 42.5 Å². The highest BCUT2D eigenvalue weighted by Crippen LogP contribution is 2.47. The Morgan fingerprint density at radius 3 is 2.60 bits per heavy atom. The minimum absolute atomic E-state index is 0.110. The van der Waals surface area contributed by atoms with Gasteiger partial charge in [-0.2, -0.15) is 0 Å². The molecule has 2 aromatic carbocycles. The molecule has 2 fully saturated rings. The van der Waals surface area contributed by atoms with Gasteiger partial charge >= 0.3 is 5.97 Å². The van der Waals surface area contributed by atoms with Crippen LogP contribution in [0.1, 0.15) is 45.4 Å². The molecule has 10 nitrogen and oxygen atoms in total. The molecular weight excluding hydrogens is 596 g/mol. The van der Waals surface area contributed by atoms with Gasteiger partial charge in [0.1, 0.15) is 23.1 Å². The molecule has 47 heavy (non-hydrogen) atoms. The second kappa shape index (κ2) is 13.7. The van der Waals surface area contributed by atoms with Crippen molar-refractivity contribution in [3.05, 3.63) is 66.7 Å². The summed E-state index contributed by atoms with van der Waals surface area (Å²) in [4.78, 5) is 46.5. The molecule has 2 amide bonds. The second-order valence-electron chi connectivity index (χ2n) is 12.9. The Morgan fingerprint density at radius 2 is 1.85 bits per heavy atom. The number of hydrogen-bond donors (Lipinski definition) is 1. The van der Waals surface area contributed by atoms with Crippen LogP contribution < -0.4 is 14.8 Å². The number of aromatic nitrogens is 1. The molecule has 1 unspecified atom stereocenters. The van der Waals surface area contributed by atoms with Crippen LogP contribution in [-0.2, 0) is 19.1 Å². The Morgan fingerprint density at radius 1 is 1.06 bits per heavy atom. The van der Waals surface area contributed by atoms with Crippen LogP contribution >= 0.6 is 0 Å². The van der Waals surface area contributed by atoms with Crippen LogP contribution in [0.25, 0.3) is 22.2 Å². The highest BCUT2D eigenvalue weighted by Gasteiger charge is 2.62. The monoisotopic (exact) mass is 640 g/mol. The van der Waals surface area contributed by atoms with Crippen LogP contribution in [0.2, 0.25) is 0 Å². The summed E-state index contributed by atoms with van der Waals surface area (Å²) in [5, 5.41) is 7.43. The summed E-state index contributed by atoms with van der Waals surface area (Å²) in [5.41, 5.74) is 1.30. The van der Waals surface area contributed by atoms with Gasteiger partial charge in [-0.25, -0.2) is 14.8 Å². The molecule has 2 heterocycles. The maximum absolute atomic E-state index is 14.2. The number of amides is 2. The Bertz CT molecular complexity index is 1660. The minimum Gasteiger partial charge on any atom is -0.497 e. The fourth-order valence-electron chi connectivity index (χ4n) is 6.99. The summed E-state index contributed by atoms with van der Waals surface area (Å²) in [7, 11) is 5.33. The van der Waals surface area contributed by atoms with Crippen LogP contribution in [0, 0.1) is 17.8 Å². The number of nitrogens with zero attached hydrogens (tertiary/aromatic N) is 3. The maximum Gasteiger partial charge on any atom is 0.332 e. The molecule has 10 heteroatoms. The van der Waals surface area contributed by atoms with Gasteiger partial charge in [0.25, 0.3) is 0 Å². The normalized spacial score (nSPS) is 27.0. The van der Waals surface area contributed by atoms with Crippen molar-refractivity contribution in [2.75, 3.05) is 34.4 Å². The van der Waals surface area contributed by atoms with Crippen LogP contribution in [0.5, 0.6) is 11.5 Å². The number of nitrogens with one attached hydrogen (secondary N) is 1. The van der Waals surface area contributed by atoms with Gasteiger partial charge in [-0.3, -0.25) is 14.6 Å². The fraction of sp³-hybridized carbons (Fsp3) is 0.459. The molecule has 248 valence electrons. The first-order valence-electron chi connectivity index (χ1n) is 16.6. The molecule has 0 spiro atoms. The lowest BCUT2D eigenvalue weighted by molar-refractivity contribution is -0.154. The smallest absolute Gasteiger partial charge is 0.332 e. The lowest BCUT2D eigenvalue weighted by Gasteiger charge is -2.33. The number of benzene rings is 2. The number of hydrogen-bond acceptors (Lipinski definition) is 8. The second-order valence-corrected chi connectivity index (χ2v) is 12.9. The van der Waals surface area contributed by atoms with E-state index in [0.29, 0.717) is 42.8 Å². The molecule has 3 aromatic rings. The van der Waals surface area contributed by atoms with Crippen molar-refractivity contribution in [1.29, 1.82) is 0 Å². The first-order chi connectivity index (χ1) is 22.7. The molecule has 1 N–H and O–H groups in total. The Kier molecular flexibility index (Phi) is 9.50. The fourth-order valence-corrected chi connectivity index (χ4v) is 6.99. The van der Waals surface area contributed by atoms with Crippen LogP contribution in [0.15, 0.2) is 66.7 Å². The van der Waals surface area contributed by atoms with Crippen molar-refractivity contribution in [3.63, 3.8) is 0 Å². The summed E-state index contributed by atoms with van der Waals surface area (Å²) in [6, 6.07) is 17.5. The van der Waals surface area contributed by atoms with Crippen LogP contribution in [-0.4, -0.2) is 78.8 Å². The molecule has 1 aliphatic heterocycles. The molecule has 0 bridgehead atoms. The first kappa shape index (κ1) is 32.5. The predicted molar refractivity (Wildman–Crippen MR) is 178 cm³/mol. The van der Waals surface area contributed by atoms with E-state index in [1.165, 1.54) is 0 Å². The van der Waals surface area contributed by atoms with Gasteiger partial charge in [0.2, 0.25) is 11.8 Å². The van der Waals surface area contributed by atoms with Gasteiger partial charge in [-0.15, -0.1) is 0 Å². The molecule has 0 radical (unpaired) electrons. The third kappa shape index (κ3) is 6.70. The van der Waals surface area contributed by atoms with Crippen LogP contribution in [0.3, 0.4) is 0 Å². The molecule has 2 saturated carbocycles. The highest BCUT2D eigenvalue weighted by molar-refractivity contribution is 5.95. The average Bonchev–Trinajstić information content (AvgIpc) is 3.60. The Labute approximate surface area is 276 Å². The van der Waals surface area contributed by atoms with Gasteiger partial charge in [0.15, 0.2) is 0 Å².